The van der Waals surface area contributed by atoms with Gasteiger partial charge in [-0.1, -0.05) is 12.1 Å². The van der Waals surface area contributed by atoms with Crippen LogP contribution in [0, 0.1) is 17.6 Å². The molecule has 2 N–H and O–H groups in total. The molecule has 32 heavy (non-hydrogen) atoms. The number of anilines is 2. The second kappa shape index (κ2) is 8.18. The molecule has 164 valence electrons. The Morgan fingerprint density at radius 1 is 1.12 bits per heavy atom. The Bertz CT molecular complexity index is 1180. The zero-order chi connectivity index (χ0) is 22.4. The molecule has 5 rings (SSSR count). The van der Waals surface area contributed by atoms with E-state index in [1.165, 1.54) is 12.1 Å². The van der Waals surface area contributed by atoms with Crippen molar-refractivity contribution in [1.82, 2.24) is 4.98 Å². The number of hydrogen-bond acceptors (Lipinski definition) is 5. The van der Waals surface area contributed by atoms with Crippen LogP contribution < -0.4 is 14.9 Å². The van der Waals surface area contributed by atoms with E-state index in [9.17, 15) is 13.6 Å². The van der Waals surface area contributed by atoms with Crippen LogP contribution in [0.15, 0.2) is 59.6 Å². The quantitative estimate of drug-likeness (QED) is 0.595. The number of fused-ring (bicyclic) bond motifs is 1. The minimum absolute atomic E-state index is 0.0171. The highest BCUT2D eigenvalue weighted by atomic mass is 32.2. The summed E-state index contributed by atoms with van der Waals surface area (Å²) in [5, 5.41) is 5.58. The van der Waals surface area contributed by atoms with E-state index in [1.54, 1.807) is 23.2 Å². The number of hydrogen-bond donors (Lipinski definition) is 1. The number of carbonyl (C=O) groups is 1. The standard InChI is InChI=1S/C24H22F2N4OS/c1-14-9-16-10-20(26)22(32-27)11-21(16)30(14)24(31)17-12-29(13-17)18-6-4-15(5-7-18)23-19(25)3-2-8-28-23/h2-8,10-11,14,17H,9,12-13,27H2,1H3. The van der Waals surface area contributed by atoms with Crippen LogP contribution in [0.2, 0.25) is 0 Å². The van der Waals surface area contributed by atoms with Gasteiger partial charge in [-0.15, -0.1) is 0 Å². The lowest BCUT2D eigenvalue weighted by Gasteiger charge is -2.42. The first-order valence-corrected chi connectivity index (χ1v) is 11.3. The van der Waals surface area contributed by atoms with Crippen LogP contribution >= 0.6 is 11.9 Å². The first kappa shape index (κ1) is 20.9. The van der Waals surface area contributed by atoms with Gasteiger partial charge in [0.1, 0.15) is 17.3 Å². The van der Waals surface area contributed by atoms with Crippen molar-refractivity contribution in [3.8, 4) is 11.3 Å². The second-order valence-corrected chi connectivity index (χ2v) is 8.95. The van der Waals surface area contributed by atoms with Gasteiger partial charge in [0, 0.05) is 42.3 Å². The maximum atomic E-state index is 14.1. The van der Waals surface area contributed by atoms with Crippen molar-refractivity contribution in [3.05, 3.63) is 71.9 Å². The minimum Gasteiger partial charge on any atom is -0.370 e. The van der Waals surface area contributed by atoms with Crippen LogP contribution in [0.3, 0.4) is 0 Å². The van der Waals surface area contributed by atoms with Crippen molar-refractivity contribution < 1.29 is 13.6 Å². The lowest BCUT2D eigenvalue weighted by molar-refractivity contribution is -0.123. The fourth-order valence-corrected chi connectivity index (χ4v) is 4.87. The van der Waals surface area contributed by atoms with Crippen molar-refractivity contribution in [2.45, 2.75) is 24.3 Å². The molecule has 1 saturated heterocycles. The fraction of sp³-hybridized carbons (Fsp3) is 0.250. The molecule has 0 spiro atoms. The number of benzene rings is 2. The molecular formula is C24H22F2N4OS. The Kier molecular flexibility index (Phi) is 5.35. The third kappa shape index (κ3) is 3.53. The normalized spacial score (nSPS) is 17.9. The topological polar surface area (TPSA) is 62.5 Å². The van der Waals surface area contributed by atoms with E-state index in [0.29, 0.717) is 35.7 Å². The smallest absolute Gasteiger partial charge is 0.233 e. The Morgan fingerprint density at radius 2 is 1.88 bits per heavy atom. The number of rotatable bonds is 4. The number of pyridine rings is 1. The molecule has 2 aliphatic rings. The summed E-state index contributed by atoms with van der Waals surface area (Å²) in [5.74, 6) is -0.776. The summed E-state index contributed by atoms with van der Waals surface area (Å²) in [6, 6.07) is 13.6. The molecule has 2 aliphatic heterocycles. The van der Waals surface area contributed by atoms with Gasteiger partial charge in [0.2, 0.25) is 5.91 Å². The lowest BCUT2D eigenvalue weighted by atomic mass is 9.96. The van der Waals surface area contributed by atoms with Gasteiger partial charge in [0.25, 0.3) is 0 Å². The predicted octanol–water partition coefficient (Wildman–Crippen LogP) is 4.41. The minimum atomic E-state index is -0.356. The van der Waals surface area contributed by atoms with E-state index in [2.05, 4.69) is 9.88 Å². The zero-order valence-corrected chi connectivity index (χ0v) is 18.3. The van der Waals surface area contributed by atoms with E-state index in [0.717, 1.165) is 28.9 Å². The molecule has 1 aromatic heterocycles. The maximum Gasteiger partial charge on any atom is 0.233 e. The zero-order valence-electron chi connectivity index (χ0n) is 17.5. The van der Waals surface area contributed by atoms with Gasteiger partial charge < -0.3 is 9.80 Å². The summed E-state index contributed by atoms with van der Waals surface area (Å²) in [6.45, 7) is 3.19. The van der Waals surface area contributed by atoms with Gasteiger partial charge in [-0.3, -0.25) is 14.9 Å². The fourth-order valence-electron chi connectivity index (χ4n) is 4.52. The summed E-state index contributed by atoms with van der Waals surface area (Å²) < 4.78 is 28.1. The second-order valence-electron chi connectivity index (χ2n) is 8.27. The van der Waals surface area contributed by atoms with E-state index in [1.807, 2.05) is 31.2 Å². The van der Waals surface area contributed by atoms with E-state index in [-0.39, 0.29) is 29.5 Å². The Balaban J connectivity index is 1.28. The molecule has 0 radical (unpaired) electrons. The van der Waals surface area contributed by atoms with Crippen molar-refractivity contribution in [2.75, 3.05) is 22.9 Å². The first-order chi connectivity index (χ1) is 15.5. The summed E-state index contributed by atoms with van der Waals surface area (Å²) in [6.07, 6.45) is 2.20. The van der Waals surface area contributed by atoms with Gasteiger partial charge in [-0.05, 0) is 67.3 Å². The molecule has 3 heterocycles. The third-order valence-corrected chi connectivity index (χ3v) is 6.78. The van der Waals surface area contributed by atoms with E-state index >= 15 is 0 Å². The van der Waals surface area contributed by atoms with Crippen LogP contribution in [0.1, 0.15) is 12.5 Å². The van der Waals surface area contributed by atoms with Gasteiger partial charge >= 0.3 is 0 Å². The Morgan fingerprint density at radius 3 is 2.56 bits per heavy atom. The molecule has 1 unspecified atom stereocenters. The average molecular weight is 453 g/mol. The summed E-state index contributed by atoms with van der Waals surface area (Å²) in [7, 11) is 0. The van der Waals surface area contributed by atoms with Gasteiger partial charge in [0.15, 0.2) is 0 Å². The molecule has 1 fully saturated rings. The molecule has 1 amide bonds. The van der Waals surface area contributed by atoms with Gasteiger partial charge in [-0.25, -0.2) is 8.78 Å². The van der Waals surface area contributed by atoms with Crippen LogP contribution in [0.25, 0.3) is 11.3 Å². The van der Waals surface area contributed by atoms with Crippen LogP contribution in [0.4, 0.5) is 20.2 Å². The summed E-state index contributed by atoms with van der Waals surface area (Å²) >= 11 is 0.853. The predicted molar refractivity (Wildman–Crippen MR) is 122 cm³/mol. The number of halogens is 2. The SMILES string of the molecule is CC1Cc2cc(F)c(SN)cc2N1C(=O)C1CN(c2ccc(-c3ncccc3F)cc2)C1. The van der Waals surface area contributed by atoms with Crippen LogP contribution in [-0.4, -0.2) is 30.0 Å². The number of aromatic nitrogens is 1. The Hall–Kier alpha value is -2.97. The summed E-state index contributed by atoms with van der Waals surface area (Å²) in [4.78, 5) is 21.6. The Labute approximate surface area is 189 Å². The highest BCUT2D eigenvalue weighted by molar-refractivity contribution is 7.97. The number of amides is 1. The number of nitrogens with zero attached hydrogens (tertiary/aromatic N) is 3. The van der Waals surface area contributed by atoms with Gasteiger partial charge in [0.05, 0.1) is 10.8 Å². The number of carbonyl (C=O) groups excluding carboxylic acids is 1. The molecule has 3 aromatic rings. The van der Waals surface area contributed by atoms with Gasteiger partial charge in [-0.2, -0.15) is 0 Å². The molecule has 0 bridgehead atoms. The number of nitrogens with two attached hydrogens (primary N) is 1. The maximum absolute atomic E-state index is 14.1. The van der Waals surface area contributed by atoms with Crippen molar-refractivity contribution >= 4 is 29.2 Å². The molecule has 2 aromatic carbocycles. The molecule has 0 aliphatic carbocycles. The van der Waals surface area contributed by atoms with Crippen molar-refractivity contribution in [3.63, 3.8) is 0 Å². The van der Waals surface area contributed by atoms with E-state index in [4.69, 9.17) is 5.14 Å². The lowest BCUT2D eigenvalue weighted by Crippen LogP contribution is -2.55. The largest absolute Gasteiger partial charge is 0.370 e. The van der Waals surface area contributed by atoms with Crippen molar-refractivity contribution in [2.24, 2.45) is 11.1 Å². The van der Waals surface area contributed by atoms with E-state index < -0.39 is 0 Å². The molecule has 8 heteroatoms. The van der Waals surface area contributed by atoms with Crippen LogP contribution in [0.5, 0.6) is 0 Å². The van der Waals surface area contributed by atoms with Crippen molar-refractivity contribution in [1.29, 1.82) is 0 Å². The summed E-state index contributed by atoms with van der Waals surface area (Å²) in [5.41, 5.74) is 3.62. The van der Waals surface area contributed by atoms with Crippen LogP contribution in [-0.2, 0) is 11.2 Å². The third-order valence-electron chi connectivity index (χ3n) is 6.21. The molecule has 0 saturated carbocycles. The first-order valence-electron chi connectivity index (χ1n) is 10.4. The molecule has 1 atom stereocenters. The monoisotopic (exact) mass is 452 g/mol. The average Bonchev–Trinajstić information content (AvgIpc) is 3.07. The highest BCUT2D eigenvalue weighted by Gasteiger charge is 2.40. The molecular weight excluding hydrogens is 430 g/mol. The highest BCUT2D eigenvalue weighted by Crippen LogP contribution is 2.38. The molecule has 5 nitrogen and oxygen atoms in total.